The smallest absolute Gasteiger partial charge is 0.224 e. The van der Waals surface area contributed by atoms with E-state index in [0.717, 1.165) is 35.5 Å². The normalized spacial score (nSPS) is 13.6. The highest BCUT2D eigenvalue weighted by Gasteiger charge is 2.28. The highest BCUT2D eigenvalue weighted by atomic mass is 35.5. The number of halogens is 2. The molecule has 1 heterocycles. The number of hydrogen-bond donors (Lipinski definition) is 1. The van der Waals surface area contributed by atoms with E-state index in [-0.39, 0.29) is 5.91 Å². The van der Waals surface area contributed by atoms with Crippen LogP contribution in [0.2, 0.25) is 10.0 Å². The zero-order chi connectivity index (χ0) is 18.8. The van der Waals surface area contributed by atoms with Gasteiger partial charge in [0.05, 0.1) is 16.1 Å². The number of amides is 1. The van der Waals surface area contributed by atoms with Crippen LogP contribution in [0.1, 0.15) is 30.9 Å². The third-order valence-electron chi connectivity index (χ3n) is 4.47. The molecule has 1 aromatic heterocycles. The minimum absolute atomic E-state index is 0.0818. The van der Waals surface area contributed by atoms with Crippen LogP contribution in [0.4, 0.5) is 5.69 Å². The molecule has 1 N–H and O–H groups in total. The van der Waals surface area contributed by atoms with Gasteiger partial charge in [-0.25, -0.2) is 4.68 Å². The number of hydrogen-bond acceptors (Lipinski definition) is 4. The van der Waals surface area contributed by atoms with E-state index in [9.17, 15) is 4.79 Å². The highest BCUT2D eigenvalue weighted by Crippen LogP contribution is 2.36. The van der Waals surface area contributed by atoms with E-state index in [2.05, 4.69) is 20.8 Å². The van der Waals surface area contributed by atoms with Gasteiger partial charge in [-0.15, -0.1) is 5.10 Å². The molecule has 0 unspecified atom stereocenters. The number of tetrazole rings is 1. The molecule has 1 saturated carbocycles. The summed E-state index contributed by atoms with van der Waals surface area (Å²) in [5, 5.41) is 15.8. The zero-order valence-electron chi connectivity index (χ0n) is 14.4. The molecule has 0 bridgehead atoms. The van der Waals surface area contributed by atoms with Crippen molar-refractivity contribution in [2.24, 2.45) is 0 Å². The number of nitrogens with zero attached hydrogens (tertiary/aromatic N) is 4. The van der Waals surface area contributed by atoms with Crippen molar-refractivity contribution in [2.75, 3.05) is 5.32 Å². The van der Waals surface area contributed by atoms with E-state index in [0.29, 0.717) is 28.9 Å². The third-order valence-corrected chi connectivity index (χ3v) is 5.32. The molecule has 1 aliphatic carbocycles. The predicted octanol–water partition coefficient (Wildman–Crippen LogP) is 4.55. The maximum Gasteiger partial charge on any atom is 0.224 e. The minimum Gasteiger partial charge on any atom is -0.326 e. The molecule has 8 heteroatoms. The quantitative estimate of drug-likeness (QED) is 0.657. The van der Waals surface area contributed by atoms with Gasteiger partial charge in [0.2, 0.25) is 5.91 Å². The van der Waals surface area contributed by atoms with Gasteiger partial charge >= 0.3 is 0 Å². The summed E-state index contributed by atoms with van der Waals surface area (Å²) in [7, 11) is 0. The number of aryl methyl sites for hydroxylation is 1. The molecule has 1 amide bonds. The van der Waals surface area contributed by atoms with Gasteiger partial charge in [0, 0.05) is 17.7 Å². The van der Waals surface area contributed by atoms with Gasteiger partial charge in [-0.2, -0.15) is 0 Å². The Bertz CT molecular complexity index is 966. The summed E-state index contributed by atoms with van der Waals surface area (Å²) in [6.07, 6.45) is 3.08. The number of carbonyl (C=O) groups excluding carboxylic acids is 1. The first-order valence-electron chi connectivity index (χ1n) is 8.73. The van der Waals surface area contributed by atoms with Crippen LogP contribution in [0.5, 0.6) is 0 Å². The molecule has 0 spiro atoms. The summed E-state index contributed by atoms with van der Waals surface area (Å²) in [6, 6.07) is 13.4. The second-order valence-corrected chi connectivity index (χ2v) is 7.30. The van der Waals surface area contributed by atoms with E-state index in [1.165, 1.54) is 0 Å². The summed E-state index contributed by atoms with van der Waals surface area (Å²) < 4.78 is 1.86. The van der Waals surface area contributed by atoms with Crippen molar-refractivity contribution in [2.45, 2.75) is 31.7 Å². The number of benzene rings is 2. The maximum absolute atomic E-state index is 12.2. The Morgan fingerprint density at radius 1 is 1.15 bits per heavy atom. The Morgan fingerprint density at radius 2 is 1.93 bits per heavy atom. The zero-order valence-corrected chi connectivity index (χ0v) is 15.9. The van der Waals surface area contributed by atoms with Gasteiger partial charge in [0.25, 0.3) is 0 Å². The molecule has 27 heavy (non-hydrogen) atoms. The van der Waals surface area contributed by atoms with E-state index in [1.54, 1.807) is 6.07 Å². The lowest BCUT2D eigenvalue weighted by Crippen LogP contribution is -2.12. The van der Waals surface area contributed by atoms with Gasteiger partial charge in [-0.05, 0) is 65.6 Å². The molecule has 4 rings (SSSR count). The number of carbonyl (C=O) groups is 1. The van der Waals surface area contributed by atoms with Crippen LogP contribution in [0, 0.1) is 0 Å². The average molecular weight is 402 g/mol. The van der Waals surface area contributed by atoms with Gasteiger partial charge < -0.3 is 5.32 Å². The van der Waals surface area contributed by atoms with Gasteiger partial charge in [0.1, 0.15) is 0 Å². The summed E-state index contributed by atoms with van der Waals surface area (Å²) in [4.78, 5) is 12.2. The Labute approximate surface area is 166 Å². The predicted molar refractivity (Wildman–Crippen MR) is 105 cm³/mol. The Kier molecular flexibility index (Phi) is 5.09. The van der Waals surface area contributed by atoms with Crippen molar-refractivity contribution >= 4 is 34.8 Å². The molecule has 2 aromatic carbocycles. The van der Waals surface area contributed by atoms with Crippen molar-refractivity contribution in [3.8, 4) is 11.4 Å². The molecule has 138 valence electrons. The van der Waals surface area contributed by atoms with Gasteiger partial charge in [-0.3, -0.25) is 4.79 Å². The number of aromatic nitrogens is 4. The van der Waals surface area contributed by atoms with Crippen molar-refractivity contribution < 1.29 is 4.79 Å². The highest BCUT2D eigenvalue weighted by molar-refractivity contribution is 6.42. The van der Waals surface area contributed by atoms with E-state index < -0.39 is 0 Å². The monoisotopic (exact) mass is 401 g/mol. The second kappa shape index (κ2) is 7.66. The number of rotatable bonds is 6. The van der Waals surface area contributed by atoms with Crippen LogP contribution < -0.4 is 5.32 Å². The number of anilines is 1. The first kappa shape index (κ1) is 17.9. The summed E-state index contributed by atoms with van der Waals surface area (Å²) >= 11 is 12.2. The van der Waals surface area contributed by atoms with Crippen LogP contribution in [0.15, 0.2) is 42.5 Å². The molecular formula is C19H17Cl2N5O. The third kappa shape index (κ3) is 4.12. The lowest BCUT2D eigenvalue weighted by atomic mass is 10.1. The first-order valence-corrected chi connectivity index (χ1v) is 9.48. The molecule has 0 saturated heterocycles. The average Bonchev–Trinajstić information content (AvgIpc) is 3.40. The van der Waals surface area contributed by atoms with Crippen molar-refractivity contribution in [3.05, 3.63) is 58.1 Å². The molecule has 0 atom stereocenters. The van der Waals surface area contributed by atoms with Crippen molar-refractivity contribution in [3.63, 3.8) is 0 Å². The van der Waals surface area contributed by atoms with Crippen LogP contribution in [0.25, 0.3) is 11.4 Å². The van der Waals surface area contributed by atoms with Crippen molar-refractivity contribution in [1.82, 2.24) is 20.2 Å². The van der Waals surface area contributed by atoms with Gasteiger partial charge in [0.15, 0.2) is 5.82 Å². The fourth-order valence-corrected chi connectivity index (χ4v) is 3.28. The van der Waals surface area contributed by atoms with Crippen LogP contribution in [-0.4, -0.2) is 26.1 Å². The summed E-state index contributed by atoms with van der Waals surface area (Å²) in [5.41, 5.74) is 2.52. The first-order chi connectivity index (χ1) is 13.1. The molecule has 0 radical (unpaired) electrons. The molecule has 1 aliphatic rings. The van der Waals surface area contributed by atoms with E-state index >= 15 is 0 Å². The van der Waals surface area contributed by atoms with Gasteiger partial charge in [-0.1, -0.05) is 35.3 Å². The maximum atomic E-state index is 12.2. The van der Waals surface area contributed by atoms with E-state index in [4.69, 9.17) is 23.2 Å². The Morgan fingerprint density at radius 3 is 2.67 bits per heavy atom. The fourth-order valence-electron chi connectivity index (χ4n) is 2.86. The number of nitrogens with one attached hydrogen (secondary N) is 1. The molecule has 3 aromatic rings. The lowest BCUT2D eigenvalue weighted by molar-refractivity contribution is -0.116. The standard InChI is InChI=1S/C19H17Cl2N5O/c20-16-3-1-2-12(18(16)21)6-11-17(27)22-14-7-4-13(5-8-14)19-23-24-25-26(19)15-9-10-15/h1-5,7-8,15H,6,9-11H2,(H,22,27). The minimum atomic E-state index is -0.0818. The van der Waals surface area contributed by atoms with Crippen LogP contribution in [0.3, 0.4) is 0 Å². The lowest BCUT2D eigenvalue weighted by Gasteiger charge is -2.08. The summed E-state index contributed by atoms with van der Waals surface area (Å²) in [6.45, 7) is 0. The molecule has 0 aliphatic heterocycles. The van der Waals surface area contributed by atoms with Crippen molar-refractivity contribution in [1.29, 1.82) is 0 Å². The second-order valence-electron chi connectivity index (χ2n) is 6.52. The topological polar surface area (TPSA) is 72.7 Å². The summed E-state index contributed by atoms with van der Waals surface area (Å²) in [5.74, 6) is 0.674. The Hall–Kier alpha value is -2.44. The molecule has 1 fully saturated rings. The Balaban J connectivity index is 1.37. The largest absolute Gasteiger partial charge is 0.326 e. The SMILES string of the molecule is O=C(CCc1cccc(Cl)c1Cl)Nc1ccc(-c2nnnn2C2CC2)cc1. The van der Waals surface area contributed by atoms with E-state index in [1.807, 2.05) is 41.1 Å². The fraction of sp³-hybridized carbons (Fsp3) is 0.263. The molecule has 6 nitrogen and oxygen atoms in total. The van der Waals surface area contributed by atoms with Crippen LogP contribution in [-0.2, 0) is 11.2 Å². The molecular weight excluding hydrogens is 385 g/mol. The van der Waals surface area contributed by atoms with Crippen LogP contribution >= 0.6 is 23.2 Å².